The standard InChI is InChI=1S/C21H30N6O/c1-22-20-15(7-6-11-23-20)14-27-12-5-4-10-19(27)17-13-18(26-25-17)21(28)24-16-8-2-3-9-16/h6-7,11,13,16,19H,2-5,8-10,12,14H2,1H3,(H,22,23)(H,24,28)(H,25,26)/t19-/m1/s1. The van der Waals surface area contributed by atoms with Gasteiger partial charge in [-0.2, -0.15) is 5.10 Å². The minimum atomic E-state index is -0.0542. The van der Waals surface area contributed by atoms with Gasteiger partial charge in [0.05, 0.1) is 11.7 Å². The summed E-state index contributed by atoms with van der Waals surface area (Å²) in [7, 11) is 1.91. The number of nitrogens with zero attached hydrogens (tertiary/aromatic N) is 3. The molecule has 1 atom stereocenters. The maximum absolute atomic E-state index is 12.5. The van der Waals surface area contributed by atoms with Gasteiger partial charge in [-0.15, -0.1) is 0 Å². The molecule has 1 saturated heterocycles. The lowest BCUT2D eigenvalue weighted by atomic mass is 9.98. The number of carbonyl (C=O) groups excluding carboxylic acids is 1. The molecule has 0 spiro atoms. The maximum atomic E-state index is 12.5. The van der Waals surface area contributed by atoms with E-state index in [9.17, 15) is 4.79 Å². The first-order chi connectivity index (χ1) is 13.7. The van der Waals surface area contributed by atoms with Crippen molar-refractivity contribution in [2.75, 3.05) is 18.9 Å². The summed E-state index contributed by atoms with van der Waals surface area (Å²) in [5, 5.41) is 13.8. The summed E-state index contributed by atoms with van der Waals surface area (Å²) < 4.78 is 0. The largest absolute Gasteiger partial charge is 0.373 e. The third kappa shape index (κ3) is 4.19. The van der Waals surface area contributed by atoms with Gasteiger partial charge >= 0.3 is 0 Å². The fourth-order valence-corrected chi connectivity index (χ4v) is 4.50. The first-order valence-corrected chi connectivity index (χ1v) is 10.5. The van der Waals surface area contributed by atoms with Gasteiger partial charge in [0.2, 0.25) is 0 Å². The van der Waals surface area contributed by atoms with E-state index in [4.69, 9.17) is 0 Å². The first kappa shape index (κ1) is 18.9. The summed E-state index contributed by atoms with van der Waals surface area (Å²) >= 11 is 0. The van der Waals surface area contributed by atoms with Gasteiger partial charge < -0.3 is 10.6 Å². The van der Waals surface area contributed by atoms with Crippen LogP contribution in [0.25, 0.3) is 0 Å². The SMILES string of the molecule is CNc1ncccc1CN1CCCC[C@@H]1c1cc(C(=O)NC2CCCC2)n[nH]1. The van der Waals surface area contributed by atoms with E-state index in [0.29, 0.717) is 11.7 Å². The molecule has 4 rings (SSSR count). The summed E-state index contributed by atoms with van der Waals surface area (Å²) in [5.74, 6) is 0.870. The van der Waals surface area contributed by atoms with Gasteiger partial charge in [-0.1, -0.05) is 25.3 Å². The van der Waals surface area contributed by atoms with Crippen LogP contribution in [-0.2, 0) is 6.54 Å². The highest BCUT2D eigenvalue weighted by Gasteiger charge is 2.27. The van der Waals surface area contributed by atoms with Gasteiger partial charge in [-0.3, -0.25) is 14.8 Å². The van der Waals surface area contributed by atoms with Crippen LogP contribution >= 0.6 is 0 Å². The lowest BCUT2D eigenvalue weighted by molar-refractivity contribution is 0.0932. The topological polar surface area (TPSA) is 85.9 Å². The number of pyridine rings is 1. The number of H-pyrrole nitrogens is 1. The van der Waals surface area contributed by atoms with Crippen molar-refractivity contribution in [3.63, 3.8) is 0 Å². The summed E-state index contributed by atoms with van der Waals surface area (Å²) in [6, 6.07) is 6.60. The zero-order valence-corrected chi connectivity index (χ0v) is 16.6. The van der Waals surface area contributed by atoms with Crippen LogP contribution in [-0.4, -0.2) is 45.6 Å². The Morgan fingerprint density at radius 3 is 2.89 bits per heavy atom. The second kappa shape index (κ2) is 8.73. The highest BCUT2D eigenvalue weighted by atomic mass is 16.2. The van der Waals surface area contributed by atoms with E-state index in [1.165, 1.54) is 31.2 Å². The minimum Gasteiger partial charge on any atom is -0.373 e. The summed E-state index contributed by atoms with van der Waals surface area (Å²) in [6.45, 7) is 1.86. The number of anilines is 1. The quantitative estimate of drug-likeness (QED) is 0.714. The van der Waals surface area contributed by atoms with Crippen molar-refractivity contribution in [2.45, 2.75) is 63.6 Å². The Kier molecular flexibility index (Phi) is 5.90. The zero-order chi connectivity index (χ0) is 19.3. The van der Waals surface area contributed by atoms with E-state index in [2.05, 4.69) is 36.8 Å². The van der Waals surface area contributed by atoms with E-state index in [-0.39, 0.29) is 11.9 Å². The van der Waals surface area contributed by atoms with E-state index < -0.39 is 0 Å². The molecule has 1 aliphatic heterocycles. The zero-order valence-electron chi connectivity index (χ0n) is 16.6. The summed E-state index contributed by atoms with van der Waals surface area (Å²) in [4.78, 5) is 19.4. The molecule has 2 aromatic rings. The lowest BCUT2D eigenvalue weighted by Crippen LogP contribution is -2.33. The first-order valence-electron chi connectivity index (χ1n) is 10.5. The number of aromatic nitrogens is 3. The lowest BCUT2D eigenvalue weighted by Gasteiger charge is -2.35. The minimum absolute atomic E-state index is 0.0542. The van der Waals surface area contributed by atoms with Crippen LogP contribution in [0.5, 0.6) is 0 Å². The van der Waals surface area contributed by atoms with Crippen LogP contribution in [0.2, 0.25) is 0 Å². The van der Waals surface area contributed by atoms with Crippen molar-refractivity contribution in [1.29, 1.82) is 0 Å². The third-order valence-corrected chi connectivity index (χ3v) is 5.99. The van der Waals surface area contributed by atoms with E-state index in [1.807, 2.05) is 25.4 Å². The molecular formula is C21H30N6O. The maximum Gasteiger partial charge on any atom is 0.271 e. The molecule has 7 heteroatoms. The van der Waals surface area contributed by atoms with Crippen LogP contribution in [0.15, 0.2) is 24.4 Å². The van der Waals surface area contributed by atoms with Crippen molar-refractivity contribution < 1.29 is 4.79 Å². The van der Waals surface area contributed by atoms with Crippen LogP contribution in [0.1, 0.15) is 72.7 Å². The number of carbonyl (C=O) groups is 1. The predicted molar refractivity (Wildman–Crippen MR) is 109 cm³/mol. The highest BCUT2D eigenvalue weighted by molar-refractivity contribution is 5.92. The third-order valence-electron chi connectivity index (χ3n) is 5.99. The molecule has 0 bridgehead atoms. The molecule has 0 aromatic carbocycles. The van der Waals surface area contributed by atoms with Crippen LogP contribution in [0.4, 0.5) is 5.82 Å². The van der Waals surface area contributed by atoms with E-state index in [1.54, 1.807) is 0 Å². The molecule has 2 fully saturated rings. The molecule has 7 nitrogen and oxygen atoms in total. The summed E-state index contributed by atoms with van der Waals surface area (Å²) in [5.41, 5.74) is 2.73. The van der Waals surface area contributed by atoms with Crippen LogP contribution in [0.3, 0.4) is 0 Å². The van der Waals surface area contributed by atoms with Gasteiger partial charge in [0.25, 0.3) is 5.91 Å². The van der Waals surface area contributed by atoms with Crippen molar-refractivity contribution >= 4 is 11.7 Å². The molecule has 28 heavy (non-hydrogen) atoms. The Balaban J connectivity index is 1.47. The molecule has 2 aromatic heterocycles. The van der Waals surface area contributed by atoms with Gasteiger partial charge in [0.1, 0.15) is 11.5 Å². The second-order valence-corrected chi connectivity index (χ2v) is 7.91. The Bertz CT molecular complexity index is 798. The number of hydrogen-bond acceptors (Lipinski definition) is 5. The molecule has 2 aliphatic rings. The number of hydrogen-bond donors (Lipinski definition) is 3. The molecule has 1 aliphatic carbocycles. The van der Waals surface area contributed by atoms with Crippen LogP contribution in [0, 0.1) is 0 Å². The average Bonchev–Trinajstić information content (AvgIpc) is 3.41. The average molecular weight is 383 g/mol. The van der Waals surface area contributed by atoms with Crippen molar-refractivity contribution in [3.05, 3.63) is 41.3 Å². The fraction of sp³-hybridized carbons (Fsp3) is 0.571. The van der Waals surface area contributed by atoms with Crippen molar-refractivity contribution in [2.24, 2.45) is 0 Å². The van der Waals surface area contributed by atoms with Gasteiger partial charge in [-0.25, -0.2) is 4.98 Å². The number of rotatable bonds is 6. The molecule has 3 heterocycles. The molecule has 1 amide bonds. The summed E-state index contributed by atoms with van der Waals surface area (Å²) in [6.07, 6.45) is 9.84. The van der Waals surface area contributed by atoms with Crippen molar-refractivity contribution in [1.82, 2.24) is 25.4 Å². The Morgan fingerprint density at radius 1 is 1.25 bits per heavy atom. The van der Waals surface area contributed by atoms with Crippen LogP contribution < -0.4 is 10.6 Å². The Morgan fingerprint density at radius 2 is 2.07 bits per heavy atom. The number of piperidine rings is 1. The molecule has 1 saturated carbocycles. The molecule has 150 valence electrons. The number of likely N-dealkylation sites (tertiary alicyclic amines) is 1. The highest BCUT2D eigenvalue weighted by Crippen LogP contribution is 2.32. The second-order valence-electron chi connectivity index (χ2n) is 7.91. The monoisotopic (exact) mass is 382 g/mol. The van der Waals surface area contributed by atoms with Gasteiger partial charge in [-0.05, 0) is 44.4 Å². The number of aromatic amines is 1. The predicted octanol–water partition coefficient (Wildman–Crippen LogP) is 3.25. The van der Waals surface area contributed by atoms with E-state index >= 15 is 0 Å². The fourth-order valence-electron chi connectivity index (χ4n) is 4.50. The number of nitrogens with one attached hydrogen (secondary N) is 3. The normalized spacial score (nSPS) is 21.0. The number of amides is 1. The molecule has 0 radical (unpaired) electrons. The Labute approximate surface area is 166 Å². The van der Waals surface area contributed by atoms with Crippen molar-refractivity contribution in [3.8, 4) is 0 Å². The Hall–Kier alpha value is -2.41. The molecule has 3 N–H and O–H groups in total. The smallest absolute Gasteiger partial charge is 0.271 e. The van der Waals surface area contributed by atoms with E-state index in [0.717, 1.165) is 43.9 Å². The van der Waals surface area contributed by atoms with Gasteiger partial charge in [0, 0.05) is 31.4 Å². The van der Waals surface area contributed by atoms with Gasteiger partial charge in [0.15, 0.2) is 0 Å². The molecular weight excluding hydrogens is 352 g/mol. The molecule has 0 unspecified atom stereocenters.